The molecule has 4 aromatic rings. The van der Waals surface area contributed by atoms with Gasteiger partial charge in [0, 0.05) is 64.4 Å². The molecule has 2 aliphatic heterocycles. The van der Waals surface area contributed by atoms with Gasteiger partial charge in [-0.25, -0.2) is 14.4 Å². The molecule has 3 unspecified atom stereocenters. The number of aromatic nitrogens is 2. The van der Waals surface area contributed by atoms with Crippen LogP contribution in [0.15, 0.2) is 48.7 Å². The smallest absolute Gasteiger partial charge is 0.269 e. The van der Waals surface area contributed by atoms with Crippen molar-refractivity contribution in [1.29, 1.82) is 0 Å². The highest BCUT2D eigenvalue weighted by atomic mass is 32.2. The number of piperidine rings is 1. The number of quaternary nitrogens is 1. The van der Waals surface area contributed by atoms with Gasteiger partial charge in [-0.15, -0.1) is 19.7 Å². The molecule has 10 nitrogen and oxygen atoms in total. The van der Waals surface area contributed by atoms with Gasteiger partial charge in [-0.1, -0.05) is 53.2 Å². The van der Waals surface area contributed by atoms with E-state index in [9.17, 15) is 10.4 Å². The Labute approximate surface area is 314 Å². The van der Waals surface area contributed by atoms with Crippen LogP contribution in [0.3, 0.4) is 0 Å². The molecular formula is C39H55FN6O4PS+. The number of hydrogen-bond donors (Lipinski definition) is 4. The zero-order chi connectivity index (χ0) is 38.0. The van der Waals surface area contributed by atoms with Gasteiger partial charge in [0.15, 0.2) is 5.75 Å². The second-order valence-electron chi connectivity index (χ2n) is 12.8. The first-order valence-corrected chi connectivity index (χ1v) is 20.1. The zero-order valence-electron chi connectivity index (χ0n) is 31.4. The molecule has 0 aliphatic carbocycles. The van der Waals surface area contributed by atoms with E-state index in [4.69, 9.17) is 14.5 Å². The molecule has 52 heavy (non-hydrogen) atoms. The van der Waals surface area contributed by atoms with Crippen molar-refractivity contribution in [2.24, 2.45) is 0 Å². The first kappa shape index (κ1) is 41.4. The molecule has 0 saturated carbocycles. The highest BCUT2D eigenvalue weighted by Crippen LogP contribution is 2.47. The highest BCUT2D eigenvalue weighted by Gasteiger charge is 2.41. The molecular weight excluding hydrogens is 699 g/mol. The Morgan fingerprint density at radius 1 is 1.15 bits per heavy atom. The van der Waals surface area contributed by atoms with Crippen molar-refractivity contribution < 1.29 is 24.3 Å². The van der Waals surface area contributed by atoms with Crippen molar-refractivity contribution in [3.63, 3.8) is 0 Å². The summed E-state index contributed by atoms with van der Waals surface area (Å²) in [6.07, 6.45) is 8.38. The van der Waals surface area contributed by atoms with Crippen LogP contribution in [-0.4, -0.2) is 75.4 Å². The van der Waals surface area contributed by atoms with Gasteiger partial charge in [-0.2, -0.15) is 17.2 Å². The lowest BCUT2D eigenvalue weighted by Gasteiger charge is -2.31. The number of aryl methyl sites for hydroxylation is 1. The van der Waals surface area contributed by atoms with Crippen LogP contribution in [0, 0.1) is 5.82 Å². The Morgan fingerprint density at radius 3 is 2.52 bits per heavy atom. The van der Waals surface area contributed by atoms with Crippen LogP contribution in [0.25, 0.3) is 22.0 Å². The maximum atomic E-state index is 15.5. The van der Waals surface area contributed by atoms with Crippen LogP contribution in [-0.2, 0) is 11.2 Å². The van der Waals surface area contributed by atoms with Crippen molar-refractivity contribution in [2.45, 2.75) is 84.4 Å². The largest absolute Gasteiger partial charge is 0.486 e. The Morgan fingerprint density at radius 2 is 1.87 bits per heavy atom. The second-order valence-corrected chi connectivity index (χ2v) is 14.6. The molecule has 0 amide bonds. The number of likely N-dealkylation sites (tertiary alicyclic amines) is 1. The van der Waals surface area contributed by atoms with Gasteiger partial charge in [0.05, 0.1) is 17.0 Å². The summed E-state index contributed by atoms with van der Waals surface area (Å²) in [6, 6.07) is 12.6. The van der Waals surface area contributed by atoms with Crippen molar-refractivity contribution >= 4 is 60.8 Å². The maximum absolute atomic E-state index is 15.5. The molecule has 0 spiro atoms. The fourth-order valence-electron chi connectivity index (χ4n) is 6.66. The molecule has 282 valence electrons. The standard InChI is InChI=1S/C35H45FN6O3PS.C2H4O.C2H6/c1-5-7-22-16-26-27(21(3)47-4)20-45-33(26)31(17-22)42(43,44)40-30-11-9-28(36)32(34(30)46)23-8-10-29-24(18-23)19-37-35(39-29)38-25-12-14-41(6-2)15-13-25;1-2-3;1-2/h8-11,16-19,21,25,27,40,43-44H,5-7,12-15,20,46H2,1-4H3,(H,37,38,39);2H,1H3;1-2H3/q+1;;. The highest BCUT2D eigenvalue weighted by molar-refractivity contribution is 7.99. The van der Waals surface area contributed by atoms with E-state index in [0.717, 1.165) is 73.6 Å². The summed E-state index contributed by atoms with van der Waals surface area (Å²) in [6.45, 7) is 15.6. The number of thioether (sulfide) groups is 1. The van der Waals surface area contributed by atoms with Crippen LogP contribution in [0.2, 0.25) is 0 Å². The molecule has 3 heterocycles. The number of carbonyl (C=O) groups excluding carboxylic acids is 1. The van der Waals surface area contributed by atoms with E-state index in [1.807, 2.05) is 32.0 Å². The predicted octanol–water partition coefficient (Wildman–Crippen LogP) is 8.36. The molecule has 4 N–H and O–H groups in total. The second kappa shape index (κ2) is 19.1. The fraction of sp³-hybridized carbons (Fsp3) is 0.462. The topological polar surface area (TPSA) is 120 Å². The van der Waals surface area contributed by atoms with Gasteiger partial charge >= 0.3 is 0 Å². The summed E-state index contributed by atoms with van der Waals surface area (Å²) >= 11 is 1.76. The van der Waals surface area contributed by atoms with E-state index >= 15 is 4.39 Å². The number of aldehydes is 1. The predicted molar refractivity (Wildman–Crippen MR) is 217 cm³/mol. The molecule has 3 atom stereocenters. The summed E-state index contributed by atoms with van der Waals surface area (Å²) in [4.78, 5) is 18.9. The number of halogens is 1. The number of fused-ring (bicyclic) bond motifs is 2. The Balaban J connectivity index is 0.00000115. The van der Waals surface area contributed by atoms with E-state index in [0.29, 0.717) is 51.7 Å². The zero-order valence-corrected chi connectivity index (χ0v) is 33.4. The number of ether oxygens (including phenoxy) is 1. The molecule has 3 aromatic carbocycles. The van der Waals surface area contributed by atoms with Crippen LogP contribution < -0.4 is 25.7 Å². The van der Waals surface area contributed by atoms with Crippen molar-refractivity contribution in [3.05, 3.63) is 65.6 Å². The van der Waals surface area contributed by atoms with Crippen LogP contribution >= 0.6 is 21.0 Å². The van der Waals surface area contributed by atoms with Gasteiger partial charge < -0.3 is 19.7 Å². The molecule has 1 aromatic heterocycles. The third-order valence-electron chi connectivity index (χ3n) is 9.49. The fourth-order valence-corrected chi connectivity index (χ4v) is 7.67. The summed E-state index contributed by atoms with van der Waals surface area (Å²) in [5, 5.41) is 28.0. The minimum Gasteiger partial charge on any atom is -0.486 e. The molecule has 13 heteroatoms. The number of anilines is 2. The first-order chi connectivity index (χ1) is 25.0. The molecule has 1 fully saturated rings. The lowest BCUT2D eigenvalue weighted by Crippen LogP contribution is -2.49. The minimum absolute atomic E-state index is 0.132. The number of hydrogen-bond acceptors (Lipinski definition) is 10. The summed E-state index contributed by atoms with van der Waals surface area (Å²) in [5.41, 5.74) is 7.04. The van der Waals surface area contributed by atoms with Crippen LogP contribution in [0.1, 0.15) is 77.8 Å². The number of nitrogens with one attached hydrogen (secondary N) is 2. The lowest BCUT2D eigenvalue weighted by atomic mass is 9.94. The van der Waals surface area contributed by atoms with Crippen molar-refractivity contribution in [2.75, 3.05) is 43.2 Å². The third kappa shape index (κ3) is 9.58. The molecule has 1 saturated heterocycles. The van der Waals surface area contributed by atoms with E-state index < -0.39 is 10.7 Å². The lowest BCUT2D eigenvalue weighted by molar-refractivity contribution is -0.272. The molecule has 0 bridgehead atoms. The Bertz CT molecular complexity index is 1810. The summed E-state index contributed by atoms with van der Waals surface area (Å²) in [5.74, 6) is 0.760. The van der Waals surface area contributed by atoms with E-state index in [1.165, 1.54) is 19.1 Å². The van der Waals surface area contributed by atoms with Crippen LogP contribution in [0.4, 0.5) is 21.7 Å². The third-order valence-corrected chi connectivity index (χ3v) is 11.2. The van der Waals surface area contributed by atoms with E-state index in [-0.39, 0.29) is 11.6 Å². The number of carbonyl (C=O) groups is 1. The normalized spacial score (nSPS) is 16.5. The number of benzene rings is 3. The van der Waals surface area contributed by atoms with Crippen LogP contribution in [0.5, 0.6) is 5.75 Å². The van der Waals surface area contributed by atoms with Crippen molar-refractivity contribution in [1.82, 2.24) is 19.8 Å². The summed E-state index contributed by atoms with van der Waals surface area (Å²) in [7, 11) is 2.56. The number of rotatable bonds is 11. The minimum atomic E-state index is -1.65. The van der Waals surface area contributed by atoms with Gasteiger partial charge in [0.25, 0.3) is 5.69 Å². The van der Waals surface area contributed by atoms with Gasteiger partial charge in [-0.05, 0) is 74.4 Å². The quantitative estimate of drug-likeness (QED) is 0.0515. The average molecular weight is 754 g/mol. The van der Waals surface area contributed by atoms with E-state index in [1.54, 1.807) is 24.0 Å². The Hall–Kier alpha value is -3.38. The molecule has 2 aliphatic rings. The van der Waals surface area contributed by atoms with Gasteiger partial charge in [0.2, 0.25) is 5.95 Å². The monoisotopic (exact) mass is 753 g/mol. The van der Waals surface area contributed by atoms with Gasteiger partial charge in [-0.3, -0.25) is 0 Å². The summed E-state index contributed by atoms with van der Waals surface area (Å²) < 4.78 is 21.6. The molecule has 0 radical (unpaired) electrons. The number of nitrogens with zero attached hydrogens (tertiary/aromatic N) is 4. The van der Waals surface area contributed by atoms with Crippen molar-refractivity contribution in [3.8, 4) is 16.9 Å². The maximum Gasteiger partial charge on any atom is 0.269 e. The molecule has 6 rings (SSSR count). The SMILES string of the molecule is CC.CC=O.CCCc1cc2c(c([N+](O)(O)Nc3ccc(F)c(-c4ccc5nc(NC6CCN(CC)CC6)ncc5c4)c3P)c1)OCC2C(C)SC. The van der Waals surface area contributed by atoms with E-state index in [2.05, 4.69) is 63.0 Å². The van der Waals surface area contributed by atoms with Gasteiger partial charge in [0.1, 0.15) is 17.8 Å². The Kier molecular flexibility index (Phi) is 15.2. The average Bonchev–Trinajstić information content (AvgIpc) is 3.58. The first-order valence-electron chi connectivity index (χ1n) is 18.2.